The monoisotopic (exact) mass is 472 g/mol. The highest BCUT2D eigenvalue weighted by Gasteiger charge is 2.53. The topological polar surface area (TPSA) is 32.7 Å². The molecule has 152 valence electrons. The lowest BCUT2D eigenvalue weighted by atomic mass is 9.83. The third-order valence-corrected chi connectivity index (χ3v) is 5.49. The van der Waals surface area contributed by atoms with Crippen LogP contribution in [0.1, 0.15) is 21.8 Å². The van der Waals surface area contributed by atoms with E-state index in [4.69, 9.17) is 0 Å². The summed E-state index contributed by atoms with van der Waals surface area (Å²) in [5.74, 6) is -1.68. The highest BCUT2D eigenvalue weighted by Crippen LogP contribution is 2.41. The first kappa shape index (κ1) is 20.3. The van der Waals surface area contributed by atoms with Crippen LogP contribution in [0.4, 0.5) is 18.9 Å². The number of anilines is 1. The zero-order valence-electron chi connectivity index (χ0n) is 15.6. The first-order chi connectivity index (χ1) is 14.4. The zero-order valence-corrected chi connectivity index (χ0v) is 17.1. The van der Waals surface area contributed by atoms with Crippen LogP contribution in [0.5, 0.6) is 0 Å². The van der Waals surface area contributed by atoms with E-state index in [9.17, 15) is 18.0 Å². The summed E-state index contributed by atoms with van der Waals surface area (Å²) in [7, 11) is 0. The molecule has 30 heavy (non-hydrogen) atoms. The average molecular weight is 473 g/mol. The van der Waals surface area contributed by atoms with Crippen LogP contribution < -0.4 is 5.01 Å². The number of alkyl halides is 3. The molecule has 0 radical (unpaired) electrons. The molecule has 2 atom stereocenters. The summed E-state index contributed by atoms with van der Waals surface area (Å²) in [4.78, 5) is 13.5. The zero-order chi connectivity index (χ0) is 21.3. The molecule has 0 spiro atoms. The molecule has 0 saturated heterocycles. The van der Waals surface area contributed by atoms with E-state index in [0.717, 1.165) is 4.47 Å². The molecule has 4 rings (SSSR count). The summed E-state index contributed by atoms with van der Waals surface area (Å²) in [6, 6.07) is 22.1. The Morgan fingerprint density at radius 1 is 0.867 bits per heavy atom. The van der Waals surface area contributed by atoms with Crippen molar-refractivity contribution in [3.63, 3.8) is 0 Å². The van der Waals surface area contributed by atoms with Crippen LogP contribution in [-0.2, 0) is 0 Å². The Kier molecular flexibility index (Phi) is 5.47. The summed E-state index contributed by atoms with van der Waals surface area (Å²) in [6.45, 7) is 0. The predicted octanol–water partition coefficient (Wildman–Crippen LogP) is 6.22. The molecule has 3 aromatic rings. The van der Waals surface area contributed by atoms with Crippen molar-refractivity contribution in [1.82, 2.24) is 0 Å². The van der Waals surface area contributed by atoms with Gasteiger partial charge in [-0.3, -0.25) is 9.80 Å². The van der Waals surface area contributed by atoms with Gasteiger partial charge in [0.1, 0.15) is 6.04 Å². The van der Waals surface area contributed by atoms with Crippen LogP contribution in [0.3, 0.4) is 0 Å². The second-order valence-corrected chi connectivity index (χ2v) is 7.78. The molecule has 3 aromatic carbocycles. The lowest BCUT2D eigenvalue weighted by Crippen LogP contribution is -2.41. The number of ketones is 1. The molecule has 0 saturated carbocycles. The predicted molar refractivity (Wildman–Crippen MR) is 114 cm³/mol. The lowest BCUT2D eigenvalue weighted by Gasteiger charge is -2.27. The van der Waals surface area contributed by atoms with Gasteiger partial charge in [-0.25, -0.2) is 0 Å². The maximum absolute atomic E-state index is 14.0. The summed E-state index contributed by atoms with van der Waals surface area (Å²) < 4.78 is 42.8. The summed E-state index contributed by atoms with van der Waals surface area (Å²) in [6.07, 6.45) is -4.68. The van der Waals surface area contributed by atoms with Gasteiger partial charge in [0.15, 0.2) is 11.5 Å². The molecular formula is C23H16BrF3N2O. The number of hydrogen-bond donors (Lipinski definition) is 0. The molecular weight excluding hydrogens is 457 g/mol. The SMILES string of the molecule is O=C(c1ccc(Br)cc1)[C@@H]1[C@@H](c2ccccc2)C(C(F)(F)F)=NN1c1ccccc1. The van der Waals surface area contributed by atoms with Crippen molar-refractivity contribution >= 4 is 33.1 Å². The molecule has 1 heterocycles. The van der Waals surface area contributed by atoms with Crippen LogP contribution in [0.15, 0.2) is 94.5 Å². The fourth-order valence-corrected chi connectivity index (χ4v) is 3.88. The van der Waals surface area contributed by atoms with E-state index < -0.39 is 29.6 Å². The van der Waals surface area contributed by atoms with Gasteiger partial charge in [-0.1, -0.05) is 76.6 Å². The first-order valence-electron chi connectivity index (χ1n) is 9.21. The van der Waals surface area contributed by atoms with E-state index in [-0.39, 0.29) is 0 Å². The standard InChI is InChI=1S/C23H16BrF3N2O/c24-17-13-11-16(12-14-17)21(30)20-19(15-7-3-1-4-8-15)22(23(25,26)27)28-29(20)18-9-5-2-6-10-18/h1-14,19-20H/t19-,20+/m1/s1. The molecule has 1 aliphatic rings. The second kappa shape index (κ2) is 8.07. The van der Waals surface area contributed by atoms with Crippen molar-refractivity contribution in [2.75, 3.05) is 5.01 Å². The Morgan fingerprint density at radius 2 is 1.43 bits per heavy atom. The van der Waals surface area contributed by atoms with E-state index in [1.54, 1.807) is 84.9 Å². The minimum absolute atomic E-state index is 0.323. The molecule has 0 fully saturated rings. The van der Waals surface area contributed by atoms with Crippen molar-refractivity contribution < 1.29 is 18.0 Å². The normalized spacial score (nSPS) is 18.9. The van der Waals surface area contributed by atoms with Crippen LogP contribution in [0.25, 0.3) is 0 Å². The van der Waals surface area contributed by atoms with Gasteiger partial charge in [0.05, 0.1) is 11.6 Å². The summed E-state index contributed by atoms with van der Waals surface area (Å²) in [5, 5.41) is 5.13. The van der Waals surface area contributed by atoms with Gasteiger partial charge in [-0.15, -0.1) is 0 Å². The number of carbonyl (C=O) groups excluding carboxylic acids is 1. The molecule has 0 aliphatic carbocycles. The molecule has 7 heteroatoms. The number of hydrogen-bond acceptors (Lipinski definition) is 3. The van der Waals surface area contributed by atoms with Gasteiger partial charge in [0.25, 0.3) is 0 Å². The smallest absolute Gasteiger partial charge is 0.292 e. The van der Waals surface area contributed by atoms with E-state index in [1.807, 2.05) is 0 Å². The molecule has 1 aliphatic heterocycles. The number of nitrogens with zero attached hydrogens (tertiary/aromatic N) is 2. The average Bonchev–Trinajstić information content (AvgIpc) is 3.16. The van der Waals surface area contributed by atoms with Crippen molar-refractivity contribution in [3.8, 4) is 0 Å². The second-order valence-electron chi connectivity index (χ2n) is 6.87. The van der Waals surface area contributed by atoms with Gasteiger partial charge in [-0.2, -0.15) is 18.3 Å². The van der Waals surface area contributed by atoms with Crippen molar-refractivity contribution in [3.05, 3.63) is 101 Å². The molecule has 3 nitrogen and oxygen atoms in total. The van der Waals surface area contributed by atoms with E-state index in [2.05, 4.69) is 21.0 Å². The number of carbonyl (C=O) groups is 1. The van der Waals surface area contributed by atoms with Gasteiger partial charge >= 0.3 is 6.18 Å². The third kappa shape index (κ3) is 3.89. The highest BCUT2D eigenvalue weighted by molar-refractivity contribution is 9.10. The van der Waals surface area contributed by atoms with Gasteiger partial charge in [-0.05, 0) is 29.8 Å². The Labute approximate surface area is 180 Å². The molecule has 0 bridgehead atoms. The summed E-state index contributed by atoms with van der Waals surface area (Å²) in [5.41, 5.74) is 0.160. The number of Topliss-reactive ketones (excluding diaryl/α,β-unsaturated/α-hetero) is 1. The Hall–Kier alpha value is -2.93. The quantitative estimate of drug-likeness (QED) is 0.422. The number of hydrazone groups is 1. The number of benzene rings is 3. The Balaban J connectivity index is 1.88. The van der Waals surface area contributed by atoms with E-state index in [1.165, 1.54) is 5.01 Å². The fourth-order valence-electron chi connectivity index (χ4n) is 3.61. The third-order valence-electron chi connectivity index (χ3n) is 4.96. The Bertz CT molecular complexity index is 1070. The Morgan fingerprint density at radius 3 is 2.00 bits per heavy atom. The van der Waals surface area contributed by atoms with Crippen LogP contribution >= 0.6 is 15.9 Å². The fraction of sp³-hybridized carbons (Fsp3) is 0.130. The largest absolute Gasteiger partial charge is 0.431 e. The van der Waals surface area contributed by atoms with E-state index in [0.29, 0.717) is 16.8 Å². The van der Waals surface area contributed by atoms with Gasteiger partial charge in [0.2, 0.25) is 0 Å². The molecule has 0 amide bonds. The number of rotatable bonds is 4. The van der Waals surface area contributed by atoms with Crippen molar-refractivity contribution in [1.29, 1.82) is 0 Å². The van der Waals surface area contributed by atoms with Crippen LogP contribution in [-0.4, -0.2) is 23.7 Å². The summed E-state index contributed by atoms with van der Waals surface area (Å²) >= 11 is 3.32. The van der Waals surface area contributed by atoms with Crippen molar-refractivity contribution in [2.24, 2.45) is 5.10 Å². The minimum atomic E-state index is -4.68. The molecule has 0 unspecified atom stereocenters. The minimum Gasteiger partial charge on any atom is -0.292 e. The lowest BCUT2D eigenvalue weighted by molar-refractivity contribution is -0.0608. The van der Waals surface area contributed by atoms with E-state index >= 15 is 0 Å². The highest BCUT2D eigenvalue weighted by atomic mass is 79.9. The maximum Gasteiger partial charge on any atom is 0.431 e. The van der Waals surface area contributed by atoms with Crippen LogP contribution in [0.2, 0.25) is 0 Å². The molecule has 0 N–H and O–H groups in total. The van der Waals surface area contributed by atoms with Gasteiger partial charge < -0.3 is 0 Å². The van der Waals surface area contributed by atoms with Crippen molar-refractivity contribution in [2.45, 2.75) is 18.1 Å². The number of halogens is 4. The van der Waals surface area contributed by atoms with Crippen LogP contribution in [0, 0.1) is 0 Å². The van der Waals surface area contributed by atoms with Gasteiger partial charge in [0, 0.05) is 10.0 Å². The number of para-hydroxylation sites is 1. The molecule has 0 aromatic heterocycles. The first-order valence-corrected chi connectivity index (χ1v) is 10.0. The maximum atomic E-state index is 14.0.